The van der Waals surface area contributed by atoms with Crippen LogP contribution in [0.25, 0.3) is 0 Å². The molecule has 0 aromatic rings. The monoisotopic (exact) mass is 442 g/mol. The van der Waals surface area contributed by atoms with Crippen molar-refractivity contribution in [3.8, 4) is 0 Å². The zero-order valence-corrected chi connectivity index (χ0v) is 21.2. The summed E-state index contributed by atoms with van der Waals surface area (Å²) in [6, 6.07) is 0. The fraction of sp³-hybridized carbons (Fsp3) is 0.724. The van der Waals surface area contributed by atoms with Crippen LogP contribution in [0, 0.1) is 22.2 Å². The maximum Gasteiger partial charge on any atom is 0.0809 e. The third-order valence-corrected chi connectivity index (χ3v) is 9.45. The van der Waals surface area contributed by atoms with Crippen LogP contribution in [-0.2, 0) is 0 Å². The summed E-state index contributed by atoms with van der Waals surface area (Å²) in [6.45, 7) is 17.3. The molecule has 0 spiro atoms. The second-order valence-corrected chi connectivity index (χ2v) is 12.4. The molecule has 0 heterocycles. The standard InChI is InChI=1S/C29H46O3/c1-20-24(30)18-21(19-25(20)31)11-12-22-10-8-16-28(6)23(22)13-17-29(28,7)26(2,3)14-9-15-27(4,5)32/h9,11-12,14,23-25,30-32H,1,8,10,13,15-19H2,2-7H3/b14-9+,21-11?,22-12+/t23-,24+,25?,28?,29+/m0/s1. The van der Waals surface area contributed by atoms with E-state index >= 15 is 0 Å². The van der Waals surface area contributed by atoms with Gasteiger partial charge in [0.25, 0.3) is 0 Å². The molecule has 3 N–H and O–H groups in total. The zero-order chi connectivity index (χ0) is 23.9. The van der Waals surface area contributed by atoms with Crippen LogP contribution in [0.2, 0.25) is 0 Å². The highest BCUT2D eigenvalue weighted by atomic mass is 16.3. The number of rotatable bonds is 5. The lowest BCUT2D eigenvalue weighted by molar-refractivity contribution is -0.0235. The van der Waals surface area contributed by atoms with E-state index < -0.39 is 17.8 Å². The van der Waals surface area contributed by atoms with Crippen molar-refractivity contribution in [2.75, 3.05) is 0 Å². The number of allylic oxidation sites excluding steroid dienone is 4. The summed E-state index contributed by atoms with van der Waals surface area (Å²) in [4.78, 5) is 0. The quantitative estimate of drug-likeness (QED) is 0.440. The van der Waals surface area contributed by atoms with Gasteiger partial charge in [-0.1, -0.05) is 69.7 Å². The second kappa shape index (κ2) is 8.89. The molecule has 0 aromatic carbocycles. The van der Waals surface area contributed by atoms with Gasteiger partial charge in [-0.25, -0.2) is 0 Å². The van der Waals surface area contributed by atoms with E-state index in [1.165, 1.54) is 25.7 Å². The van der Waals surface area contributed by atoms with Crippen LogP contribution in [0.1, 0.15) is 92.9 Å². The van der Waals surface area contributed by atoms with E-state index in [0.717, 1.165) is 12.0 Å². The Labute approximate surface area is 196 Å². The van der Waals surface area contributed by atoms with Crippen LogP contribution in [-0.4, -0.2) is 33.1 Å². The Hall–Kier alpha value is -1.16. The van der Waals surface area contributed by atoms with Gasteiger partial charge in [0.1, 0.15) is 0 Å². The summed E-state index contributed by atoms with van der Waals surface area (Å²) in [7, 11) is 0. The highest BCUT2D eigenvalue weighted by Gasteiger charge is 2.60. The van der Waals surface area contributed by atoms with E-state index in [1.54, 1.807) is 5.57 Å². The number of hydrogen-bond donors (Lipinski definition) is 3. The molecular weight excluding hydrogens is 396 g/mol. The summed E-state index contributed by atoms with van der Waals surface area (Å²) in [5.74, 6) is 0.577. The predicted octanol–water partition coefficient (Wildman–Crippen LogP) is 6.26. The third kappa shape index (κ3) is 4.72. The maximum atomic E-state index is 10.2. The molecule has 5 atom stereocenters. The molecule has 3 aliphatic carbocycles. The molecule has 180 valence electrons. The molecule has 0 aromatic heterocycles. The lowest BCUT2D eigenvalue weighted by atomic mass is 9.49. The Morgan fingerprint density at radius 3 is 2.25 bits per heavy atom. The van der Waals surface area contributed by atoms with Gasteiger partial charge in [0, 0.05) is 0 Å². The minimum atomic E-state index is -0.670. The van der Waals surface area contributed by atoms with Crippen LogP contribution < -0.4 is 0 Å². The average Bonchev–Trinajstić information content (AvgIpc) is 2.96. The Morgan fingerprint density at radius 2 is 1.66 bits per heavy atom. The van der Waals surface area contributed by atoms with Gasteiger partial charge in [-0.3, -0.25) is 0 Å². The highest BCUT2D eigenvalue weighted by molar-refractivity contribution is 5.31. The van der Waals surface area contributed by atoms with Crippen molar-refractivity contribution in [2.45, 2.75) is 111 Å². The van der Waals surface area contributed by atoms with Crippen LogP contribution in [0.4, 0.5) is 0 Å². The highest BCUT2D eigenvalue weighted by Crippen LogP contribution is 2.69. The fourth-order valence-corrected chi connectivity index (χ4v) is 6.81. The van der Waals surface area contributed by atoms with Gasteiger partial charge in [0.2, 0.25) is 0 Å². The maximum absolute atomic E-state index is 10.2. The largest absolute Gasteiger partial charge is 0.390 e. The normalized spacial score (nSPS) is 39.3. The van der Waals surface area contributed by atoms with E-state index in [4.69, 9.17) is 0 Å². The molecule has 3 aliphatic rings. The van der Waals surface area contributed by atoms with Crippen molar-refractivity contribution in [3.05, 3.63) is 47.6 Å². The number of aliphatic hydroxyl groups excluding tert-OH is 2. The summed E-state index contributed by atoms with van der Waals surface area (Å²) >= 11 is 0. The van der Waals surface area contributed by atoms with Crippen molar-refractivity contribution in [1.29, 1.82) is 0 Å². The van der Waals surface area contributed by atoms with E-state index in [9.17, 15) is 15.3 Å². The zero-order valence-electron chi connectivity index (χ0n) is 21.2. The van der Waals surface area contributed by atoms with Crippen LogP contribution >= 0.6 is 0 Å². The first-order chi connectivity index (χ1) is 14.7. The Kier molecular flexibility index (Phi) is 7.07. The topological polar surface area (TPSA) is 60.7 Å². The molecule has 0 bridgehead atoms. The molecule has 3 heteroatoms. The second-order valence-electron chi connectivity index (χ2n) is 12.4. The third-order valence-electron chi connectivity index (χ3n) is 9.45. The summed E-state index contributed by atoms with van der Waals surface area (Å²) < 4.78 is 0. The van der Waals surface area contributed by atoms with Crippen molar-refractivity contribution in [1.82, 2.24) is 0 Å². The molecule has 0 saturated heterocycles. The van der Waals surface area contributed by atoms with Crippen molar-refractivity contribution >= 4 is 0 Å². The Morgan fingerprint density at radius 1 is 1.03 bits per heavy atom. The first-order valence-electron chi connectivity index (χ1n) is 12.5. The van der Waals surface area contributed by atoms with Crippen molar-refractivity contribution in [3.63, 3.8) is 0 Å². The predicted molar refractivity (Wildman–Crippen MR) is 133 cm³/mol. The van der Waals surface area contributed by atoms with E-state index in [-0.39, 0.29) is 16.2 Å². The molecule has 3 rings (SSSR count). The Balaban J connectivity index is 1.83. The summed E-state index contributed by atoms with van der Waals surface area (Å²) in [5, 5.41) is 30.5. The first-order valence-corrected chi connectivity index (χ1v) is 12.5. The molecule has 3 saturated carbocycles. The van der Waals surface area contributed by atoms with E-state index in [2.05, 4.69) is 58.6 Å². The number of fused-ring (bicyclic) bond motifs is 1. The molecule has 0 aliphatic heterocycles. The fourth-order valence-electron chi connectivity index (χ4n) is 6.81. The lowest BCUT2D eigenvalue weighted by Crippen LogP contribution is -2.47. The molecule has 32 heavy (non-hydrogen) atoms. The average molecular weight is 443 g/mol. The van der Waals surface area contributed by atoms with Crippen LogP contribution in [0.3, 0.4) is 0 Å². The first kappa shape index (κ1) is 25.5. The number of hydrogen-bond acceptors (Lipinski definition) is 3. The van der Waals surface area contributed by atoms with E-state index in [1.807, 2.05) is 13.8 Å². The van der Waals surface area contributed by atoms with E-state index in [0.29, 0.717) is 30.8 Å². The molecular formula is C29H46O3. The SMILES string of the molecule is C=C1C(O)CC(=C/C=C2\CCCC3(C)[C@H]2CC[C@]3(C)C(C)(C)/C=C/CC(C)(C)O)C[C@H]1O. The Bertz CT molecular complexity index is 793. The molecule has 0 amide bonds. The summed E-state index contributed by atoms with van der Waals surface area (Å²) in [5.41, 5.74) is 3.00. The van der Waals surface area contributed by atoms with Crippen molar-refractivity contribution < 1.29 is 15.3 Å². The van der Waals surface area contributed by atoms with Gasteiger partial charge >= 0.3 is 0 Å². The minimum absolute atomic E-state index is 0.0423. The number of aliphatic hydroxyl groups is 3. The summed E-state index contributed by atoms with van der Waals surface area (Å²) in [6.07, 6.45) is 15.6. The minimum Gasteiger partial charge on any atom is -0.390 e. The van der Waals surface area contributed by atoms with Gasteiger partial charge in [-0.15, -0.1) is 0 Å². The van der Waals surface area contributed by atoms with Crippen molar-refractivity contribution in [2.24, 2.45) is 22.2 Å². The van der Waals surface area contributed by atoms with Crippen LogP contribution in [0.15, 0.2) is 47.6 Å². The molecule has 3 nitrogen and oxygen atoms in total. The molecule has 0 radical (unpaired) electrons. The van der Waals surface area contributed by atoms with Gasteiger partial charge in [0.05, 0.1) is 17.8 Å². The van der Waals surface area contributed by atoms with Crippen LogP contribution in [0.5, 0.6) is 0 Å². The lowest BCUT2D eigenvalue weighted by Gasteiger charge is -2.55. The van der Waals surface area contributed by atoms with Gasteiger partial charge in [-0.2, -0.15) is 0 Å². The van der Waals surface area contributed by atoms with Gasteiger partial charge < -0.3 is 15.3 Å². The smallest absolute Gasteiger partial charge is 0.0809 e. The van der Waals surface area contributed by atoms with Gasteiger partial charge in [-0.05, 0) is 93.0 Å². The molecule has 2 unspecified atom stereocenters. The molecule has 3 fully saturated rings. The van der Waals surface area contributed by atoms with Gasteiger partial charge in [0.15, 0.2) is 0 Å².